The highest BCUT2D eigenvalue weighted by Crippen LogP contribution is 2.54. The number of para-hydroxylation sites is 1. The predicted octanol–water partition coefficient (Wildman–Crippen LogP) is 8.62. The average Bonchev–Trinajstić information content (AvgIpc) is 3.63. The number of hydrogen-bond acceptors (Lipinski definition) is 6. The molecule has 2 unspecified atom stereocenters. The van der Waals surface area contributed by atoms with Gasteiger partial charge in [0.1, 0.15) is 17.7 Å². The normalized spacial score (nSPS) is 18.9. The van der Waals surface area contributed by atoms with E-state index in [1.807, 2.05) is 23.5 Å². The van der Waals surface area contributed by atoms with Gasteiger partial charge in [-0.05, 0) is 59.7 Å². The van der Waals surface area contributed by atoms with Crippen LogP contribution in [0.4, 0.5) is 11.4 Å². The van der Waals surface area contributed by atoms with Gasteiger partial charge in [-0.1, -0.05) is 56.3 Å². The van der Waals surface area contributed by atoms with Crippen molar-refractivity contribution in [1.82, 2.24) is 5.32 Å². The predicted molar refractivity (Wildman–Crippen MR) is 167 cm³/mol. The Morgan fingerprint density at radius 1 is 0.900 bits per heavy atom. The Bertz CT molecular complexity index is 1910. The topological polar surface area (TPSA) is 62.9 Å². The molecule has 2 atom stereocenters. The van der Waals surface area contributed by atoms with E-state index in [4.69, 9.17) is 0 Å². The Morgan fingerprint density at radius 2 is 1.65 bits per heavy atom. The van der Waals surface area contributed by atoms with Crippen LogP contribution >= 0.6 is 22.7 Å². The molecule has 40 heavy (non-hydrogen) atoms. The van der Waals surface area contributed by atoms with Gasteiger partial charge in [-0.2, -0.15) is 10.5 Å². The summed E-state index contributed by atoms with van der Waals surface area (Å²) in [7, 11) is 0. The van der Waals surface area contributed by atoms with Gasteiger partial charge >= 0.3 is 0 Å². The van der Waals surface area contributed by atoms with Crippen LogP contribution in [0.15, 0.2) is 96.1 Å². The average molecular weight is 555 g/mol. The molecule has 4 nitrogen and oxygen atoms in total. The fraction of sp³-hybridized carbons (Fsp3) is 0.176. The van der Waals surface area contributed by atoms with Gasteiger partial charge < -0.3 is 10.2 Å². The van der Waals surface area contributed by atoms with E-state index in [1.165, 1.54) is 47.6 Å². The van der Waals surface area contributed by atoms with E-state index in [9.17, 15) is 10.5 Å². The van der Waals surface area contributed by atoms with Crippen LogP contribution in [0.25, 0.3) is 26.2 Å². The van der Waals surface area contributed by atoms with Gasteiger partial charge in [0.15, 0.2) is 0 Å². The van der Waals surface area contributed by atoms with Gasteiger partial charge in [0.2, 0.25) is 0 Å². The number of anilines is 2. The molecule has 0 saturated carbocycles. The van der Waals surface area contributed by atoms with E-state index < -0.39 is 0 Å². The first kappa shape index (κ1) is 24.8. The molecule has 1 aliphatic heterocycles. The fourth-order valence-electron chi connectivity index (χ4n) is 6.25. The second-order valence-electron chi connectivity index (χ2n) is 10.8. The van der Waals surface area contributed by atoms with Crippen LogP contribution in [0.2, 0.25) is 0 Å². The molecule has 5 aromatic rings. The van der Waals surface area contributed by atoms with E-state index in [1.54, 1.807) is 17.4 Å². The first-order valence-electron chi connectivity index (χ1n) is 13.3. The van der Waals surface area contributed by atoms with Crippen LogP contribution in [0.1, 0.15) is 35.2 Å². The summed E-state index contributed by atoms with van der Waals surface area (Å²) in [6.45, 7) is 5.37. The summed E-state index contributed by atoms with van der Waals surface area (Å²) in [5.74, 6) is 0. The summed E-state index contributed by atoms with van der Waals surface area (Å²) in [5.41, 5.74) is 4.98. The Balaban J connectivity index is 1.32. The molecular weight excluding hydrogens is 529 g/mol. The maximum Gasteiger partial charge on any atom is 0.131 e. The van der Waals surface area contributed by atoms with Gasteiger partial charge in [-0.25, -0.2) is 0 Å². The maximum absolute atomic E-state index is 9.23. The molecule has 0 fully saturated rings. The van der Waals surface area contributed by atoms with Gasteiger partial charge in [0.25, 0.3) is 0 Å². The molecule has 0 radical (unpaired) electrons. The molecule has 7 rings (SSSR count). The van der Waals surface area contributed by atoms with Crippen LogP contribution in [0.5, 0.6) is 0 Å². The molecule has 0 saturated heterocycles. The monoisotopic (exact) mass is 554 g/mol. The first-order chi connectivity index (χ1) is 19.5. The van der Waals surface area contributed by atoms with Crippen molar-refractivity contribution in [2.24, 2.45) is 0 Å². The summed E-state index contributed by atoms with van der Waals surface area (Å²) in [5, 5.41) is 24.9. The summed E-state index contributed by atoms with van der Waals surface area (Å²) in [6.07, 6.45) is 4.18. The minimum atomic E-state index is -0.163. The fourth-order valence-corrected chi connectivity index (χ4v) is 8.70. The van der Waals surface area contributed by atoms with E-state index >= 15 is 0 Å². The Hall–Kier alpha value is -4.20. The van der Waals surface area contributed by atoms with Crippen molar-refractivity contribution in [2.45, 2.75) is 31.3 Å². The first-order valence-corrected chi connectivity index (χ1v) is 15.0. The molecule has 0 bridgehead atoms. The van der Waals surface area contributed by atoms with Crippen LogP contribution < -0.4 is 10.2 Å². The molecule has 6 heteroatoms. The smallest absolute Gasteiger partial charge is 0.131 e. The standard InChI is InChI=1S/C34H26N4S2/c1-34(2)28-16-24(20-37-32(28)33-29(34)17-25(39-33)14-21(18-35)19-36)38(22-8-4-3-5-9-22)23-12-13-31-27(15-23)26-10-6-7-11-30(26)40-31/h3-17,24,32,37H,20H2,1-2H3. The van der Waals surface area contributed by atoms with Crippen molar-refractivity contribution in [1.29, 1.82) is 10.5 Å². The van der Waals surface area contributed by atoms with Crippen molar-refractivity contribution in [3.8, 4) is 12.1 Å². The van der Waals surface area contributed by atoms with Crippen molar-refractivity contribution in [2.75, 3.05) is 11.4 Å². The van der Waals surface area contributed by atoms with Gasteiger partial charge in [-0.15, -0.1) is 22.7 Å². The van der Waals surface area contributed by atoms with E-state index in [2.05, 4.69) is 109 Å². The van der Waals surface area contributed by atoms with Crippen LogP contribution in [-0.2, 0) is 5.41 Å². The molecule has 0 spiro atoms. The summed E-state index contributed by atoms with van der Waals surface area (Å²) < 4.78 is 2.62. The third-order valence-corrected chi connectivity index (χ3v) is 10.5. The highest BCUT2D eigenvalue weighted by molar-refractivity contribution is 7.25. The molecular formula is C34H26N4S2. The summed E-state index contributed by atoms with van der Waals surface area (Å²) in [6, 6.07) is 32.6. The van der Waals surface area contributed by atoms with Crippen LogP contribution in [-0.4, -0.2) is 12.6 Å². The Labute approximate surface area is 241 Å². The Kier molecular flexibility index (Phi) is 5.87. The van der Waals surface area contributed by atoms with E-state index in [-0.39, 0.29) is 23.1 Å². The maximum atomic E-state index is 9.23. The van der Waals surface area contributed by atoms with Crippen molar-refractivity contribution in [3.05, 3.63) is 111 Å². The molecule has 3 aromatic carbocycles. The minimum Gasteiger partial charge on any atom is -0.333 e. The SMILES string of the molecule is CC1(C)C2=CC(N(c3ccccc3)c3ccc4sc5ccccc5c4c3)CNC2c2sc(C=C(C#N)C#N)cc21. The molecule has 1 N–H and O–H groups in total. The number of rotatable bonds is 4. The number of nitrogens with one attached hydrogen (secondary N) is 1. The zero-order chi connectivity index (χ0) is 27.4. The van der Waals surface area contributed by atoms with E-state index in [0.717, 1.165) is 11.4 Å². The van der Waals surface area contributed by atoms with Crippen molar-refractivity contribution >= 4 is 60.3 Å². The number of fused-ring (bicyclic) bond motifs is 6. The largest absolute Gasteiger partial charge is 0.333 e. The number of benzene rings is 3. The molecule has 2 aliphatic rings. The minimum absolute atomic E-state index is 0.132. The highest BCUT2D eigenvalue weighted by atomic mass is 32.1. The number of thiophene rings is 2. The summed E-state index contributed by atoms with van der Waals surface area (Å²) in [4.78, 5) is 4.71. The number of hydrogen-bond donors (Lipinski definition) is 1. The Morgan fingerprint density at radius 3 is 2.45 bits per heavy atom. The third-order valence-electron chi connectivity index (χ3n) is 8.18. The second kappa shape index (κ2) is 9.47. The van der Waals surface area contributed by atoms with E-state index in [0.29, 0.717) is 0 Å². The van der Waals surface area contributed by atoms with Crippen molar-refractivity contribution < 1.29 is 0 Å². The van der Waals surface area contributed by atoms with Crippen LogP contribution in [0, 0.1) is 22.7 Å². The lowest BCUT2D eigenvalue weighted by atomic mass is 9.80. The molecule has 2 aromatic heterocycles. The lowest BCUT2D eigenvalue weighted by molar-refractivity contribution is 0.497. The number of allylic oxidation sites excluding steroid dienone is 1. The third kappa shape index (κ3) is 3.88. The van der Waals surface area contributed by atoms with Crippen molar-refractivity contribution in [3.63, 3.8) is 0 Å². The second-order valence-corrected chi connectivity index (χ2v) is 13.0. The molecule has 3 heterocycles. The zero-order valence-electron chi connectivity index (χ0n) is 22.2. The highest BCUT2D eigenvalue weighted by Gasteiger charge is 2.45. The molecule has 1 aliphatic carbocycles. The number of nitriles is 2. The van der Waals surface area contributed by atoms with Gasteiger partial charge in [0, 0.05) is 53.3 Å². The quantitative estimate of drug-likeness (QED) is 0.178. The molecule has 0 amide bonds. The molecule has 194 valence electrons. The number of nitrogens with zero attached hydrogens (tertiary/aromatic N) is 3. The zero-order valence-corrected chi connectivity index (χ0v) is 23.8. The summed E-state index contributed by atoms with van der Waals surface area (Å²) >= 11 is 3.53. The van der Waals surface area contributed by atoms with Gasteiger partial charge in [0.05, 0.1) is 12.1 Å². The van der Waals surface area contributed by atoms with Crippen LogP contribution in [0.3, 0.4) is 0 Å². The lowest BCUT2D eigenvalue weighted by Gasteiger charge is -2.39. The lowest BCUT2D eigenvalue weighted by Crippen LogP contribution is -2.44. The van der Waals surface area contributed by atoms with Gasteiger partial charge in [-0.3, -0.25) is 0 Å².